The van der Waals surface area contributed by atoms with Gasteiger partial charge in [-0.3, -0.25) is 4.90 Å². The third-order valence-corrected chi connectivity index (χ3v) is 4.08. The largest absolute Gasteiger partial charge is 0.384 e. The first kappa shape index (κ1) is 11.7. The number of fused-ring (bicyclic) bond motifs is 1. The van der Waals surface area contributed by atoms with E-state index in [-0.39, 0.29) is 0 Å². The Morgan fingerprint density at radius 3 is 2.94 bits per heavy atom. The predicted octanol–water partition coefficient (Wildman–Crippen LogP) is 1.04. The van der Waals surface area contributed by atoms with Gasteiger partial charge in [-0.1, -0.05) is 0 Å². The molecule has 2 fully saturated rings. The molecule has 0 aromatic carbocycles. The van der Waals surface area contributed by atoms with Crippen LogP contribution < -0.4 is 10.6 Å². The topological polar surface area (TPSA) is 58.3 Å². The molecule has 2 aliphatic rings. The van der Waals surface area contributed by atoms with Gasteiger partial charge in [-0.25, -0.2) is 9.97 Å². The minimum Gasteiger partial charge on any atom is -0.384 e. The van der Waals surface area contributed by atoms with Crippen molar-refractivity contribution in [3.05, 3.63) is 11.9 Å². The van der Waals surface area contributed by atoms with E-state index in [1.165, 1.54) is 19.4 Å². The Bertz CT molecular complexity index is 427. The van der Waals surface area contributed by atoms with Crippen LogP contribution in [-0.4, -0.2) is 46.6 Å². The Hall–Kier alpha value is -1.36. The van der Waals surface area contributed by atoms with Crippen LogP contribution in [0.3, 0.4) is 0 Å². The molecule has 2 atom stereocenters. The van der Waals surface area contributed by atoms with Gasteiger partial charge in [-0.2, -0.15) is 0 Å². The van der Waals surface area contributed by atoms with E-state index in [0.717, 1.165) is 24.7 Å². The second-order valence-electron chi connectivity index (χ2n) is 5.49. The third kappa shape index (κ3) is 2.03. The lowest BCUT2D eigenvalue weighted by Crippen LogP contribution is -2.55. The molecule has 0 spiro atoms. The molecule has 2 N–H and O–H groups in total. The van der Waals surface area contributed by atoms with Crippen LogP contribution >= 0.6 is 0 Å². The molecule has 0 amide bonds. The van der Waals surface area contributed by atoms with Crippen molar-refractivity contribution < 1.29 is 0 Å². The maximum Gasteiger partial charge on any atom is 0.134 e. The number of piperazine rings is 1. The molecule has 2 saturated heterocycles. The molecule has 3 rings (SSSR count). The smallest absolute Gasteiger partial charge is 0.134 e. The summed E-state index contributed by atoms with van der Waals surface area (Å²) in [6, 6.07) is 3.08. The van der Waals surface area contributed by atoms with E-state index in [1.54, 1.807) is 0 Å². The minimum absolute atomic E-state index is 0.494. The second-order valence-corrected chi connectivity index (χ2v) is 5.49. The van der Waals surface area contributed by atoms with Crippen LogP contribution in [0.15, 0.2) is 6.07 Å². The van der Waals surface area contributed by atoms with E-state index in [4.69, 9.17) is 5.73 Å². The number of nitrogens with zero attached hydrogens (tertiary/aromatic N) is 4. The van der Waals surface area contributed by atoms with E-state index in [2.05, 4.69) is 26.7 Å². The fourth-order valence-corrected chi connectivity index (χ4v) is 3.23. The number of anilines is 2. The third-order valence-electron chi connectivity index (χ3n) is 4.08. The molecule has 0 aliphatic carbocycles. The van der Waals surface area contributed by atoms with E-state index in [0.29, 0.717) is 17.9 Å². The van der Waals surface area contributed by atoms with Gasteiger partial charge in [-0.15, -0.1) is 0 Å². The van der Waals surface area contributed by atoms with Gasteiger partial charge in [0.1, 0.15) is 17.5 Å². The molecule has 5 heteroatoms. The highest BCUT2D eigenvalue weighted by Crippen LogP contribution is 2.28. The van der Waals surface area contributed by atoms with Crippen LogP contribution in [0.2, 0.25) is 0 Å². The highest BCUT2D eigenvalue weighted by Gasteiger charge is 2.34. The number of hydrogen-bond donors (Lipinski definition) is 1. The first-order valence-electron chi connectivity index (χ1n) is 6.75. The van der Waals surface area contributed by atoms with Crippen molar-refractivity contribution >= 4 is 11.6 Å². The van der Waals surface area contributed by atoms with Crippen LogP contribution in [0.4, 0.5) is 11.6 Å². The summed E-state index contributed by atoms with van der Waals surface area (Å²) in [6.45, 7) is 7.62. The molecule has 1 aromatic rings. The summed E-state index contributed by atoms with van der Waals surface area (Å²) in [5, 5.41) is 0. The summed E-state index contributed by atoms with van der Waals surface area (Å²) < 4.78 is 0. The van der Waals surface area contributed by atoms with E-state index < -0.39 is 0 Å². The van der Waals surface area contributed by atoms with Gasteiger partial charge in [0, 0.05) is 31.2 Å². The van der Waals surface area contributed by atoms with Crippen LogP contribution in [0.25, 0.3) is 0 Å². The van der Waals surface area contributed by atoms with Gasteiger partial charge in [0.25, 0.3) is 0 Å². The number of hydrogen-bond acceptors (Lipinski definition) is 5. The fraction of sp³-hybridized carbons (Fsp3) is 0.692. The molecule has 2 aliphatic heterocycles. The van der Waals surface area contributed by atoms with Crippen LogP contribution in [0.1, 0.15) is 25.6 Å². The van der Waals surface area contributed by atoms with E-state index in [9.17, 15) is 0 Å². The summed E-state index contributed by atoms with van der Waals surface area (Å²) in [5.74, 6) is 2.31. The molecule has 0 bridgehead atoms. The molecule has 18 heavy (non-hydrogen) atoms. The summed E-state index contributed by atoms with van der Waals surface area (Å²) in [5.41, 5.74) is 5.83. The van der Waals surface area contributed by atoms with Crippen molar-refractivity contribution in [2.75, 3.05) is 30.3 Å². The molecule has 98 valence electrons. The summed E-state index contributed by atoms with van der Waals surface area (Å²) in [7, 11) is 0. The lowest BCUT2D eigenvalue weighted by atomic mass is 10.1. The van der Waals surface area contributed by atoms with Crippen LogP contribution in [-0.2, 0) is 0 Å². The Balaban J connectivity index is 1.86. The van der Waals surface area contributed by atoms with Crippen molar-refractivity contribution in [2.24, 2.45) is 0 Å². The molecular formula is C13H21N5. The van der Waals surface area contributed by atoms with Crippen molar-refractivity contribution in [1.82, 2.24) is 14.9 Å². The van der Waals surface area contributed by atoms with Crippen molar-refractivity contribution in [3.63, 3.8) is 0 Å². The van der Waals surface area contributed by atoms with Crippen molar-refractivity contribution in [3.8, 4) is 0 Å². The van der Waals surface area contributed by atoms with Crippen molar-refractivity contribution in [2.45, 2.75) is 38.8 Å². The molecular weight excluding hydrogens is 226 g/mol. The van der Waals surface area contributed by atoms with Gasteiger partial charge in [0.15, 0.2) is 0 Å². The zero-order chi connectivity index (χ0) is 12.7. The van der Waals surface area contributed by atoms with Crippen LogP contribution in [0.5, 0.6) is 0 Å². The number of nitrogens with two attached hydrogens (primary N) is 1. The fourth-order valence-electron chi connectivity index (χ4n) is 3.23. The maximum atomic E-state index is 5.83. The van der Waals surface area contributed by atoms with Gasteiger partial charge in [0.2, 0.25) is 0 Å². The number of aromatic nitrogens is 2. The molecule has 5 nitrogen and oxygen atoms in total. The van der Waals surface area contributed by atoms with E-state index in [1.807, 2.05) is 13.0 Å². The highest BCUT2D eigenvalue weighted by molar-refractivity contribution is 5.48. The SMILES string of the molecule is Cc1nc(N)cc(N2CC3CCCN3CC2C)n1. The summed E-state index contributed by atoms with van der Waals surface area (Å²) >= 11 is 0. The zero-order valence-electron chi connectivity index (χ0n) is 11.1. The highest BCUT2D eigenvalue weighted by atomic mass is 15.3. The second kappa shape index (κ2) is 4.39. The Labute approximate surface area is 108 Å². The van der Waals surface area contributed by atoms with Gasteiger partial charge in [-0.05, 0) is 33.2 Å². The first-order valence-corrected chi connectivity index (χ1v) is 6.75. The van der Waals surface area contributed by atoms with Gasteiger partial charge in [0.05, 0.1) is 0 Å². The number of nitrogen functional groups attached to an aromatic ring is 1. The monoisotopic (exact) mass is 247 g/mol. The lowest BCUT2D eigenvalue weighted by Gasteiger charge is -2.43. The average Bonchev–Trinajstić information content (AvgIpc) is 2.73. The Morgan fingerprint density at radius 2 is 2.17 bits per heavy atom. The predicted molar refractivity (Wildman–Crippen MR) is 72.6 cm³/mol. The molecule has 2 unspecified atom stereocenters. The number of rotatable bonds is 1. The first-order chi connectivity index (χ1) is 8.63. The normalized spacial score (nSPS) is 28.4. The summed E-state index contributed by atoms with van der Waals surface area (Å²) in [4.78, 5) is 13.7. The van der Waals surface area contributed by atoms with Gasteiger partial charge < -0.3 is 10.6 Å². The molecule has 0 radical (unpaired) electrons. The molecule has 3 heterocycles. The quantitative estimate of drug-likeness (QED) is 0.803. The van der Waals surface area contributed by atoms with Crippen LogP contribution in [0, 0.1) is 6.92 Å². The molecule has 1 aromatic heterocycles. The number of aryl methyl sites for hydroxylation is 1. The summed E-state index contributed by atoms with van der Waals surface area (Å²) in [6.07, 6.45) is 2.64. The Kier molecular flexibility index (Phi) is 2.86. The zero-order valence-corrected chi connectivity index (χ0v) is 11.1. The molecule has 0 saturated carbocycles. The minimum atomic E-state index is 0.494. The van der Waals surface area contributed by atoms with E-state index >= 15 is 0 Å². The Morgan fingerprint density at radius 1 is 1.33 bits per heavy atom. The van der Waals surface area contributed by atoms with Gasteiger partial charge >= 0.3 is 0 Å². The average molecular weight is 247 g/mol. The maximum absolute atomic E-state index is 5.83. The standard InChI is InChI=1S/C13H21N5/c1-9-7-17-5-3-4-11(17)8-18(9)13-6-12(14)15-10(2)16-13/h6,9,11H,3-5,7-8H2,1-2H3,(H2,14,15,16). The lowest BCUT2D eigenvalue weighted by molar-refractivity contribution is 0.202. The van der Waals surface area contributed by atoms with Crippen molar-refractivity contribution in [1.29, 1.82) is 0 Å².